The molecular formula is C23H36N2O3S. The first-order valence-electron chi connectivity index (χ1n) is 10.7. The molecule has 1 aromatic rings. The fraction of sp³-hybridized carbons (Fsp3) is 0.565. The van der Waals surface area contributed by atoms with Gasteiger partial charge < -0.3 is 4.90 Å². The van der Waals surface area contributed by atoms with Crippen molar-refractivity contribution in [3.8, 4) is 0 Å². The predicted octanol–water partition coefficient (Wildman–Crippen LogP) is 4.72. The summed E-state index contributed by atoms with van der Waals surface area (Å²) in [6.07, 6.45) is 8.36. The molecule has 0 spiro atoms. The van der Waals surface area contributed by atoms with Gasteiger partial charge >= 0.3 is 0 Å². The van der Waals surface area contributed by atoms with Gasteiger partial charge in [-0.2, -0.15) is 0 Å². The van der Waals surface area contributed by atoms with E-state index in [0.29, 0.717) is 12.8 Å². The third-order valence-corrected chi connectivity index (χ3v) is 5.97. The van der Waals surface area contributed by atoms with Crippen LogP contribution in [0.2, 0.25) is 0 Å². The van der Waals surface area contributed by atoms with Crippen LogP contribution in [-0.2, 0) is 16.0 Å². The van der Waals surface area contributed by atoms with Crippen LogP contribution in [0.25, 0.3) is 6.08 Å². The number of unbranched alkanes of at least 4 members (excludes halogenated alkanes) is 3. The molecule has 0 saturated heterocycles. The molecule has 1 aromatic carbocycles. The van der Waals surface area contributed by atoms with Crippen molar-refractivity contribution in [2.75, 3.05) is 25.4 Å². The number of hydrogen-bond acceptors (Lipinski definition) is 5. The zero-order chi connectivity index (χ0) is 21.5. The minimum atomic E-state index is -0.573. The fourth-order valence-corrected chi connectivity index (χ4v) is 4.12. The molecule has 0 aliphatic carbocycles. The molecule has 2 N–H and O–H groups in total. The zero-order valence-corrected chi connectivity index (χ0v) is 18.9. The SMILES string of the molecule is CCCCCCC(=O)Cc1cc(/C=C/C(=O)NO)ccc1SCCN(CC)CC. The minimum Gasteiger partial charge on any atom is -0.303 e. The van der Waals surface area contributed by atoms with Gasteiger partial charge in [-0.3, -0.25) is 14.8 Å². The van der Waals surface area contributed by atoms with Crippen molar-refractivity contribution in [2.24, 2.45) is 0 Å². The molecule has 162 valence electrons. The summed E-state index contributed by atoms with van der Waals surface area (Å²) in [5, 5.41) is 8.63. The molecule has 0 atom stereocenters. The number of hydroxylamine groups is 1. The summed E-state index contributed by atoms with van der Waals surface area (Å²) in [7, 11) is 0. The number of hydrogen-bond donors (Lipinski definition) is 2. The number of benzene rings is 1. The molecule has 5 nitrogen and oxygen atoms in total. The first-order valence-corrected chi connectivity index (χ1v) is 11.6. The van der Waals surface area contributed by atoms with Crippen LogP contribution in [0.15, 0.2) is 29.2 Å². The van der Waals surface area contributed by atoms with E-state index in [1.165, 1.54) is 12.5 Å². The van der Waals surface area contributed by atoms with Crippen molar-refractivity contribution in [3.63, 3.8) is 0 Å². The number of Topliss-reactive ketones (excluding diaryl/α,β-unsaturated/α-hetero) is 1. The summed E-state index contributed by atoms with van der Waals surface area (Å²) < 4.78 is 0. The van der Waals surface area contributed by atoms with Crippen LogP contribution in [0.4, 0.5) is 0 Å². The van der Waals surface area contributed by atoms with Crippen molar-refractivity contribution >= 4 is 29.5 Å². The monoisotopic (exact) mass is 420 g/mol. The number of carbonyl (C=O) groups excluding carboxylic acids is 2. The van der Waals surface area contributed by atoms with Gasteiger partial charge in [0, 0.05) is 36.1 Å². The molecule has 0 unspecified atom stereocenters. The van der Waals surface area contributed by atoms with E-state index in [1.807, 2.05) is 18.2 Å². The van der Waals surface area contributed by atoms with Gasteiger partial charge in [-0.25, -0.2) is 5.48 Å². The normalized spacial score (nSPS) is 11.3. The standard InChI is InChI=1S/C23H36N2O3S/c1-4-7-8-9-10-21(26)18-20-17-19(12-14-23(27)24-28)11-13-22(20)29-16-15-25(5-2)6-3/h11-14,17,28H,4-10,15-16,18H2,1-3H3,(H,24,27)/b14-12+. The lowest BCUT2D eigenvalue weighted by molar-refractivity contribution is -0.124. The van der Waals surface area contributed by atoms with Crippen LogP contribution in [0, 0.1) is 0 Å². The number of thioether (sulfide) groups is 1. The van der Waals surface area contributed by atoms with Crippen LogP contribution in [0.5, 0.6) is 0 Å². The Morgan fingerprint density at radius 1 is 1.14 bits per heavy atom. The largest absolute Gasteiger partial charge is 0.303 e. The molecule has 0 fully saturated rings. The summed E-state index contributed by atoms with van der Waals surface area (Å²) >= 11 is 1.78. The molecular weight excluding hydrogens is 384 g/mol. The average Bonchev–Trinajstić information content (AvgIpc) is 2.73. The Balaban J connectivity index is 2.84. The number of amides is 1. The fourth-order valence-electron chi connectivity index (χ4n) is 3.07. The number of rotatable bonds is 15. The zero-order valence-electron chi connectivity index (χ0n) is 18.1. The second-order valence-corrected chi connectivity index (χ2v) is 8.21. The smallest absolute Gasteiger partial charge is 0.267 e. The highest BCUT2D eigenvalue weighted by Gasteiger charge is 2.10. The highest BCUT2D eigenvalue weighted by Crippen LogP contribution is 2.26. The minimum absolute atomic E-state index is 0.265. The highest BCUT2D eigenvalue weighted by molar-refractivity contribution is 7.99. The van der Waals surface area contributed by atoms with E-state index >= 15 is 0 Å². The number of nitrogens with zero attached hydrogens (tertiary/aromatic N) is 1. The van der Waals surface area contributed by atoms with Crippen LogP contribution in [-0.4, -0.2) is 47.2 Å². The van der Waals surface area contributed by atoms with Gasteiger partial charge in [0.25, 0.3) is 5.91 Å². The molecule has 6 heteroatoms. The molecule has 0 aromatic heterocycles. The topological polar surface area (TPSA) is 69.6 Å². The predicted molar refractivity (Wildman–Crippen MR) is 121 cm³/mol. The van der Waals surface area contributed by atoms with Crippen molar-refractivity contribution in [1.82, 2.24) is 10.4 Å². The summed E-state index contributed by atoms with van der Waals surface area (Å²) in [6, 6.07) is 5.95. The maximum absolute atomic E-state index is 12.5. The Morgan fingerprint density at radius 3 is 2.55 bits per heavy atom. The highest BCUT2D eigenvalue weighted by atomic mass is 32.2. The number of ketones is 1. The van der Waals surface area contributed by atoms with Gasteiger partial charge in [0.05, 0.1) is 0 Å². The molecule has 29 heavy (non-hydrogen) atoms. The lowest BCUT2D eigenvalue weighted by Crippen LogP contribution is -2.25. The molecule has 0 aliphatic rings. The van der Waals surface area contributed by atoms with E-state index in [1.54, 1.807) is 23.3 Å². The first kappa shape index (κ1) is 25.4. The quantitative estimate of drug-likeness (QED) is 0.141. The Morgan fingerprint density at radius 2 is 1.90 bits per heavy atom. The van der Waals surface area contributed by atoms with Gasteiger partial charge in [0.1, 0.15) is 5.78 Å². The maximum atomic E-state index is 12.5. The van der Waals surface area contributed by atoms with Crippen LogP contribution in [0.3, 0.4) is 0 Å². The van der Waals surface area contributed by atoms with E-state index in [2.05, 4.69) is 25.7 Å². The van der Waals surface area contributed by atoms with Crippen LogP contribution < -0.4 is 5.48 Å². The van der Waals surface area contributed by atoms with Gasteiger partial charge in [-0.05, 0) is 42.8 Å². The Bertz CT molecular complexity index is 658. The van der Waals surface area contributed by atoms with Gasteiger partial charge in [-0.1, -0.05) is 52.2 Å². The molecule has 1 amide bonds. The van der Waals surface area contributed by atoms with E-state index in [4.69, 9.17) is 5.21 Å². The summed E-state index contributed by atoms with van der Waals surface area (Å²) in [5.41, 5.74) is 3.45. The molecule has 0 radical (unpaired) electrons. The Labute approximate surface area is 179 Å². The summed E-state index contributed by atoms with van der Waals surface area (Å²) in [5.74, 6) is 0.665. The van der Waals surface area contributed by atoms with E-state index < -0.39 is 5.91 Å². The van der Waals surface area contributed by atoms with Crippen LogP contribution >= 0.6 is 11.8 Å². The Kier molecular flexibility index (Phi) is 13.4. The van der Waals surface area contributed by atoms with Crippen molar-refractivity contribution in [1.29, 1.82) is 0 Å². The van der Waals surface area contributed by atoms with Crippen LogP contribution in [0.1, 0.15) is 64.0 Å². The van der Waals surface area contributed by atoms with Gasteiger partial charge in [0.2, 0.25) is 0 Å². The first-order chi connectivity index (χ1) is 14.0. The van der Waals surface area contributed by atoms with E-state index in [0.717, 1.165) is 60.7 Å². The van der Waals surface area contributed by atoms with E-state index in [9.17, 15) is 9.59 Å². The maximum Gasteiger partial charge on any atom is 0.267 e. The molecule has 0 bridgehead atoms. The second kappa shape index (κ2) is 15.2. The third-order valence-electron chi connectivity index (χ3n) is 4.88. The summed E-state index contributed by atoms with van der Waals surface area (Å²) in [6.45, 7) is 9.59. The Hall–Kier alpha value is -1.63. The lowest BCUT2D eigenvalue weighted by Gasteiger charge is -2.18. The second-order valence-electron chi connectivity index (χ2n) is 7.08. The van der Waals surface area contributed by atoms with Crippen molar-refractivity contribution in [2.45, 2.75) is 64.2 Å². The average molecular weight is 421 g/mol. The van der Waals surface area contributed by atoms with E-state index in [-0.39, 0.29) is 5.78 Å². The van der Waals surface area contributed by atoms with Crippen molar-refractivity contribution < 1.29 is 14.8 Å². The molecule has 0 aliphatic heterocycles. The number of carbonyl (C=O) groups is 2. The number of nitrogens with one attached hydrogen (secondary N) is 1. The molecule has 0 heterocycles. The van der Waals surface area contributed by atoms with Gasteiger partial charge in [-0.15, -0.1) is 11.8 Å². The van der Waals surface area contributed by atoms with Gasteiger partial charge in [0.15, 0.2) is 0 Å². The third kappa shape index (κ3) is 10.6. The summed E-state index contributed by atoms with van der Waals surface area (Å²) in [4.78, 5) is 27.2. The van der Waals surface area contributed by atoms with Crippen molar-refractivity contribution in [3.05, 3.63) is 35.4 Å². The molecule has 1 rings (SSSR count). The lowest BCUT2D eigenvalue weighted by atomic mass is 10.0. The molecule has 0 saturated carbocycles.